The van der Waals surface area contributed by atoms with E-state index in [1.807, 2.05) is 24.3 Å². The number of hydrogen-bond donors (Lipinski definition) is 2. The Balaban J connectivity index is 2.78. The van der Waals surface area contributed by atoms with Crippen LogP contribution in [-0.4, -0.2) is 12.2 Å². The van der Waals surface area contributed by atoms with E-state index in [1.54, 1.807) is 14.0 Å². The maximum Gasteiger partial charge on any atom is 0.0765 e. The molecule has 1 aromatic carbocycles. The van der Waals surface area contributed by atoms with Gasteiger partial charge in [-0.2, -0.15) is 5.48 Å². The number of hydroxylamine groups is 1. The van der Waals surface area contributed by atoms with Crippen molar-refractivity contribution < 1.29 is 9.94 Å². The van der Waals surface area contributed by atoms with Crippen molar-refractivity contribution in [2.75, 3.05) is 7.11 Å². The van der Waals surface area contributed by atoms with Crippen molar-refractivity contribution >= 4 is 0 Å². The molecule has 1 unspecified atom stereocenters. The van der Waals surface area contributed by atoms with Crippen LogP contribution in [0.15, 0.2) is 24.3 Å². The normalized spacial score (nSPS) is 12.8. The van der Waals surface area contributed by atoms with Gasteiger partial charge < -0.3 is 9.94 Å². The monoisotopic (exact) mass is 181 g/mol. The molecule has 1 aromatic rings. The van der Waals surface area contributed by atoms with Gasteiger partial charge in [0.25, 0.3) is 0 Å². The Hall–Kier alpha value is -0.900. The lowest BCUT2D eigenvalue weighted by atomic mass is 10.0. The average molecular weight is 181 g/mol. The molecule has 0 aliphatic carbocycles. The van der Waals surface area contributed by atoms with E-state index >= 15 is 0 Å². The first-order valence-corrected chi connectivity index (χ1v) is 4.27. The molecule has 0 bridgehead atoms. The first-order chi connectivity index (χ1) is 6.25. The molecular formula is C10H15NO2. The summed E-state index contributed by atoms with van der Waals surface area (Å²) in [6, 6.07) is 7.74. The molecule has 1 atom stereocenters. The van der Waals surface area contributed by atoms with Gasteiger partial charge in [-0.3, -0.25) is 0 Å². The molecule has 3 heteroatoms. The van der Waals surface area contributed by atoms with Crippen LogP contribution in [0.4, 0.5) is 0 Å². The van der Waals surface area contributed by atoms with Gasteiger partial charge in [-0.1, -0.05) is 24.3 Å². The Kier molecular flexibility index (Phi) is 3.89. The third-order valence-electron chi connectivity index (χ3n) is 1.91. The predicted octanol–water partition coefficient (Wildman–Crippen LogP) is 1.39. The summed E-state index contributed by atoms with van der Waals surface area (Å²) in [7, 11) is 1.57. The molecule has 0 fully saturated rings. The molecule has 1 rings (SSSR count). The molecule has 0 radical (unpaired) electrons. The van der Waals surface area contributed by atoms with Gasteiger partial charge in [0.2, 0.25) is 0 Å². The van der Waals surface area contributed by atoms with Crippen molar-refractivity contribution in [3.8, 4) is 0 Å². The van der Waals surface area contributed by atoms with Crippen LogP contribution in [0.2, 0.25) is 0 Å². The van der Waals surface area contributed by atoms with E-state index < -0.39 is 6.10 Å². The van der Waals surface area contributed by atoms with Gasteiger partial charge in [0.1, 0.15) is 0 Å². The van der Waals surface area contributed by atoms with Crippen molar-refractivity contribution in [2.24, 2.45) is 0 Å². The van der Waals surface area contributed by atoms with Gasteiger partial charge in [-0.05, 0) is 18.1 Å². The van der Waals surface area contributed by atoms with Gasteiger partial charge in [-0.25, -0.2) is 0 Å². The Morgan fingerprint density at radius 2 is 2.15 bits per heavy atom. The Morgan fingerprint density at radius 1 is 1.46 bits per heavy atom. The third kappa shape index (κ3) is 2.81. The first kappa shape index (κ1) is 10.2. The van der Waals surface area contributed by atoms with Crippen LogP contribution in [0.1, 0.15) is 24.2 Å². The highest BCUT2D eigenvalue weighted by Crippen LogP contribution is 2.16. The summed E-state index contributed by atoms with van der Waals surface area (Å²) in [6.07, 6.45) is -0.435. The molecule has 0 heterocycles. The Labute approximate surface area is 78.3 Å². The van der Waals surface area contributed by atoms with Crippen LogP contribution in [0.5, 0.6) is 0 Å². The zero-order chi connectivity index (χ0) is 9.68. The third-order valence-corrected chi connectivity index (χ3v) is 1.91. The second-order valence-corrected chi connectivity index (χ2v) is 2.90. The van der Waals surface area contributed by atoms with Crippen LogP contribution >= 0.6 is 0 Å². The maximum absolute atomic E-state index is 9.44. The lowest BCUT2D eigenvalue weighted by Crippen LogP contribution is -2.13. The summed E-state index contributed by atoms with van der Waals surface area (Å²) >= 11 is 0. The largest absolute Gasteiger partial charge is 0.389 e. The fourth-order valence-corrected chi connectivity index (χ4v) is 1.25. The first-order valence-electron chi connectivity index (χ1n) is 4.27. The lowest BCUT2D eigenvalue weighted by molar-refractivity contribution is 0.0858. The van der Waals surface area contributed by atoms with Gasteiger partial charge in [0.05, 0.1) is 13.2 Å². The predicted molar refractivity (Wildman–Crippen MR) is 50.9 cm³/mol. The summed E-state index contributed by atoms with van der Waals surface area (Å²) in [5.74, 6) is 0. The number of nitrogens with one attached hydrogen (secondary N) is 1. The van der Waals surface area contributed by atoms with Crippen molar-refractivity contribution in [2.45, 2.75) is 19.6 Å². The number of benzene rings is 1. The van der Waals surface area contributed by atoms with Gasteiger partial charge in [0, 0.05) is 6.54 Å². The minimum atomic E-state index is -0.435. The highest BCUT2D eigenvalue weighted by Gasteiger charge is 2.05. The maximum atomic E-state index is 9.44. The molecule has 3 nitrogen and oxygen atoms in total. The van der Waals surface area contributed by atoms with Gasteiger partial charge >= 0.3 is 0 Å². The Morgan fingerprint density at radius 3 is 2.77 bits per heavy atom. The molecule has 0 saturated carbocycles. The smallest absolute Gasteiger partial charge is 0.0765 e. The summed E-state index contributed by atoms with van der Waals surface area (Å²) in [5, 5.41) is 9.44. The summed E-state index contributed by atoms with van der Waals surface area (Å²) in [5.41, 5.74) is 4.74. The number of aliphatic hydroxyl groups excluding tert-OH is 1. The second kappa shape index (κ2) is 4.97. The summed E-state index contributed by atoms with van der Waals surface area (Å²) in [4.78, 5) is 4.75. The van der Waals surface area contributed by atoms with Crippen LogP contribution in [-0.2, 0) is 11.4 Å². The molecule has 0 saturated heterocycles. The lowest BCUT2D eigenvalue weighted by Gasteiger charge is -2.11. The average Bonchev–Trinajstić information content (AvgIpc) is 2.15. The summed E-state index contributed by atoms with van der Waals surface area (Å²) in [6.45, 7) is 2.36. The van der Waals surface area contributed by atoms with E-state index in [-0.39, 0.29) is 0 Å². The number of rotatable bonds is 4. The minimum Gasteiger partial charge on any atom is -0.389 e. The van der Waals surface area contributed by atoms with Crippen LogP contribution < -0.4 is 5.48 Å². The minimum absolute atomic E-state index is 0.435. The van der Waals surface area contributed by atoms with Crippen LogP contribution in [0, 0.1) is 0 Å². The Bertz CT molecular complexity index is 261. The van der Waals surface area contributed by atoms with Crippen molar-refractivity contribution in [3.05, 3.63) is 35.4 Å². The molecular weight excluding hydrogens is 166 g/mol. The van der Waals surface area contributed by atoms with Gasteiger partial charge in [-0.15, -0.1) is 0 Å². The standard InChI is InChI=1S/C10H15NO2/c1-8(12)10-6-4-3-5-9(10)7-11-13-2/h3-6,8,11-12H,7H2,1-2H3. The molecule has 0 aliphatic rings. The molecule has 13 heavy (non-hydrogen) atoms. The highest BCUT2D eigenvalue weighted by atomic mass is 16.6. The SMILES string of the molecule is CONCc1ccccc1C(C)O. The number of aliphatic hydroxyl groups is 1. The fourth-order valence-electron chi connectivity index (χ4n) is 1.25. The van der Waals surface area contributed by atoms with E-state index in [2.05, 4.69) is 5.48 Å². The quantitative estimate of drug-likeness (QED) is 0.690. The topological polar surface area (TPSA) is 41.5 Å². The highest BCUT2D eigenvalue weighted by molar-refractivity contribution is 5.28. The fraction of sp³-hybridized carbons (Fsp3) is 0.400. The van der Waals surface area contributed by atoms with Crippen molar-refractivity contribution in [1.29, 1.82) is 0 Å². The second-order valence-electron chi connectivity index (χ2n) is 2.90. The van der Waals surface area contributed by atoms with Crippen molar-refractivity contribution in [1.82, 2.24) is 5.48 Å². The molecule has 0 aromatic heterocycles. The zero-order valence-corrected chi connectivity index (χ0v) is 7.95. The van der Waals surface area contributed by atoms with Crippen LogP contribution in [0.3, 0.4) is 0 Å². The van der Waals surface area contributed by atoms with E-state index in [4.69, 9.17) is 4.84 Å². The molecule has 72 valence electrons. The van der Waals surface area contributed by atoms with E-state index in [1.165, 1.54) is 0 Å². The van der Waals surface area contributed by atoms with Crippen molar-refractivity contribution in [3.63, 3.8) is 0 Å². The number of hydrogen-bond acceptors (Lipinski definition) is 3. The van der Waals surface area contributed by atoms with E-state index in [0.29, 0.717) is 6.54 Å². The van der Waals surface area contributed by atoms with E-state index in [9.17, 15) is 5.11 Å². The van der Waals surface area contributed by atoms with E-state index in [0.717, 1.165) is 11.1 Å². The van der Waals surface area contributed by atoms with Crippen LogP contribution in [0.25, 0.3) is 0 Å². The molecule has 0 aliphatic heterocycles. The zero-order valence-electron chi connectivity index (χ0n) is 7.95. The molecule has 2 N–H and O–H groups in total. The van der Waals surface area contributed by atoms with Gasteiger partial charge in [0.15, 0.2) is 0 Å². The molecule has 0 spiro atoms. The summed E-state index contributed by atoms with van der Waals surface area (Å²) < 4.78 is 0. The molecule has 0 amide bonds.